The molecule has 0 aromatic carbocycles. The highest BCUT2D eigenvalue weighted by Crippen LogP contribution is 2.09. The maximum absolute atomic E-state index is 11.9. The molecule has 0 aliphatic rings. The summed E-state index contributed by atoms with van der Waals surface area (Å²) in [6.45, 7) is 2.40. The summed E-state index contributed by atoms with van der Waals surface area (Å²) in [5, 5.41) is 21.0. The molecule has 0 aromatic heterocycles. The maximum Gasteiger partial charge on any atom is 0.305 e. The van der Waals surface area contributed by atoms with Crippen LogP contribution >= 0.6 is 0 Å². The molecule has 8 heteroatoms. The Balaban J connectivity index is 3.69. The van der Waals surface area contributed by atoms with Gasteiger partial charge in [0.05, 0.1) is 40.3 Å². The van der Waals surface area contributed by atoms with Crippen molar-refractivity contribution in [3.05, 3.63) is 24.3 Å². The average Bonchev–Trinajstić information content (AvgIpc) is 2.83. The van der Waals surface area contributed by atoms with Gasteiger partial charge in [-0.2, -0.15) is 0 Å². The summed E-state index contributed by atoms with van der Waals surface area (Å²) in [6.07, 6.45) is 20.2. The lowest BCUT2D eigenvalue weighted by Crippen LogP contribution is -2.44. The minimum absolute atomic E-state index is 0.167. The topological polar surface area (TPSA) is 105 Å². The van der Waals surface area contributed by atoms with Gasteiger partial charge in [0.15, 0.2) is 6.29 Å². The van der Waals surface area contributed by atoms with Crippen molar-refractivity contribution in [2.24, 2.45) is 0 Å². The molecule has 0 aliphatic heterocycles. The van der Waals surface area contributed by atoms with Gasteiger partial charge in [-0.25, -0.2) is 0 Å². The molecule has 0 heterocycles. The number of carboxylic acid groups (broad SMARTS) is 1. The van der Waals surface area contributed by atoms with Crippen molar-refractivity contribution in [1.29, 1.82) is 0 Å². The third kappa shape index (κ3) is 25.7. The van der Waals surface area contributed by atoms with E-state index in [4.69, 9.17) is 14.2 Å². The van der Waals surface area contributed by atoms with Crippen molar-refractivity contribution in [2.45, 2.75) is 103 Å². The van der Waals surface area contributed by atoms with Crippen LogP contribution in [0.1, 0.15) is 90.4 Å². The summed E-state index contributed by atoms with van der Waals surface area (Å²) in [5.41, 5.74) is 0. The van der Waals surface area contributed by atoms with E-state index in [1.54, 1.807) is 0 Å². The summed E-state index contributed by atoms with van der Waals surface area (Å²) < 4.78 is 15.9. The van der Waals surface area contributed by atoms with Gasteiger partial charge in [-0.15, -0.1) is 0 Å². The number of ether oxygens (including phenoxy) is 3. The molecule has 0 rings (SSSR count). The fourth-order valence-electron chi connectivity index (χ4n) is 3.38. The fraction of sp³-hybridized carbons (Fsp3) is 0.793. The second-order valence-corrected chi connectivity index (χ2v) is 10.5. The van der Waals surface area contributed by atoms with Gasteiger partial charge in [0.25, 0.3) is 0 Å². The van der Waals surface area contributed by atoms with Crippen LogP contribution in [0.3, 0.4) is 0 Å². The summed E-state index contributed by atoms with van der Waals surface area (Å²) in [7, 11) is 5.85. The van der Waals surface area contributed by atoms with E-state index < -0.39 is 18.4 Å². The van der Waals surface area contributed by atoms with Crippen LogP contribution in [0.2, 0.25) is 0 Å². The average molecular weight is 528 g/mol. The van der Waals surface area contributed by atoms with Crippen LogP contribution in [0.15, 0.2) is 24.3 Å². The molecule has 2 unspecified atom stereocenters. The lowest BCUT2D eigenvalue weighted by molar-refractivity contribution is -0.870. The highest BCUT2D eigenvalue weighted by atomic mass is 16.7. The number of rotatable bonds is 25. The lowest BCUT2D eigenvalue weighted by atomic mass is 10.1. The molecule has 0 amide bonds. The summed E-state index contributed by atoms with van der Waals surface area (Å²) >= 11 is 0. The number of carbonyl (C=O) groups is 2. The second-order valence-electron chi connectivity index (χ2n) is 10.5. The van der Waals surface area contributed by atoms with E-state index in [-0.39, 0.29) is 25.8 Å². The number of likely N-dealkylation sites (N-methyl/N-ethyl adjacent to an activating group) is 1. The first-order valence-electron chi connectivity index (χ1n) is 14.0. The molecule has 1 N–H and O–H groups in total. The summed E-state index contributed by atoms with van der Waals surface area (Å²) in [4.78, 5) is 23.0. The van der Waals surface area contributed by atoms with E-state index in [0.29, 0.717) is 17.4 Å². The third-order valence-corrected chi connectivity index (χ3v) is 5.68. The van der Waals surface area contributed by atoms with E-state index in [2.05, 4.69) is 31.2 Å². The molecule has 0 aliphatic carbocycles. The van der Waals surface area contributed by atoms with E-state index in [9.17, 15) is 19.8 Å². The molecule has 0 aromatic rings. The first kappa shape index (κ1) is 35.3. The number of hydrogen-bond acceptors (Lipinski definition) is 7. The SMILES string of the molecule is CCCCCC/C=C\C/C=C\CCCCCCCC(=O)OCC(O)COC(OCC[N+](C)(C)C)C(=O)[O-]. The number of aliphatic hydroxyl groups is 1. The number of nitrogens with zero attached hydrogens (tertiary/aromatic N) is 1. The zero-order chi connectivity index (χ0) is 27.8. The first-order chi connectivity index (χ1) is 17.7. The van der Waals surface area contributed by atoms with Gasteiger partial charge in [-0.1, -0.05) is 69.8 Å². The molecule has 8 nitrogen and oxygen atoms in total. The zero-order valence-corrected chi connectivity index (χ0v) is 23.8. The van der Waals surface area contributed by atoms with Crippen LogP contribution in [0.25, 0.3) is 0 Å². The molecule has 2 atom stereocenters. The van der Waals surface area contributed by atoms with Crippen LogP contribution in [-0.2, 0) is 23.8 Å². The molecule has 0 saturated heterocycles. The number of hydrogen-bond donors (Lipinski definition) is 1. The minimum Gasteiger partial charge on any atom is -0.545 e. The second kappa shape index (κ2) is 23.4. The van der Waals surface area contributed by atoms with Crippen LogP contribution in [0.5, 0.6) is 0 Å². The highest BCUT2D eigenvalue weighted by Gasteiger charge is 2.17. The van der Waals surface area contributed by atoms with Crippen molar-refractivity contribution >= 4 is 11.9 Å². The molecular weight excluding hydrogens is 474 g/mol. The van der Waals surface area contributed by atoms with Gasteiger partial charge < -0.3 is 33.7 Å². The molecule has 0 spiro atoms. The number of carboxylic acids is 1. The molecule has 0 bridgehead atoms. The van der Waals surface area contributed by atoms with Crippen LogP contribution in [0, 0.1) is 0 Å². The minimum atomic E-state index is -1.57. The van der Waals surface area contributed by atoms with Crippen molar-refractivity contribution < 1.29 is 38.5 Å². The normalized spacial score (nSPS) is 13.9. The molecular formula is C29H53NO7. The molecule has 0 radical (unpaired) electrons. The number of aliphatic carboxylic acids is 1. The molecule has 216 valence electrons. The van der Waals surface area contributed by atoms with Crippen LogP contribution < -0.4 is 5.11 Å². The van der Waals surface area contributed by atoms with Gasteiger partial charge in [0.2, 0.25) is 0 Å². The fourth-order valence-corrected chi connectivity index (χ4v) is 3.38. The Kier molecular flexibility index (Phi) is 22.3. The Morgan fingerprint density at radius 3 is 2.03 bits per heavy atom. The van der Waals surface area contributed by atoms with Gasteiger partial charge in [-0.3, -0.25) is 4.79 Å². The van der Waals surface area contributed by atoms with Crippen LogP contribution in [0.4, 0.5) is 0 Å². The van der Waals surface area contributed by atoms with Gasteiger partial charge in [0.1, 0.15) is 19.3 Å². The Bertz CT molecular complexity index is 628. The maximum atomic E-state index is 11.9. The number of unbranched alkanes of at least 4 members (excludes halogenated alkanes) is 9. The van der Waals surface area contributed by atoms with Gasteiger partial charge >= 0.3 is 5.97 Å². The van der Waals surface area contributed by atoms with Gasteiger partial charge in [0, 0.05) is 6.42 Å². The predicted octanol–water partition coefficient (Wildman–Crippen LogP) is 3.91. The van der Waals surface area contributed by atoms with Gasteiger partial charge in [-0.05, 0) is 38.5 Å². The Labute approximate surface area is 225 Å². The Morgan fingerprint density at radius 1 is 0.838 bits per heavy atom. The Hall–Kier alpha value is -1.74. The number of esters is 1. The highest BCUT2D eigenvalue weighted by molar-refractivity contribution is 5.69. The van der Waals surface area contributed by atoms with E-state index in [0.717, 1.165) is 44.9 Å². The first-order valence-corrected chi connectivity index (χ1v) is 14.0. The standard InChI is InChI=1S/C29H53NO7/c1-5-6-7-8-9-10-11-12-13-14-15-16-17-18-19-20-21-27(32)36-24-26(31)25-37-29(28(33)34)35-23-22-30(2,3)4/h10-11,13-14,26,29,31H,5-9,12,15-25H2,1-4H3/b11-10-,14-13-. The number of allylic oxidation sites excluding steroid dienone is 4. The van der Waals surface area contributed by atoms with Crippen LogP contribution in [-0.4, -0.2) is 81.4 Å². The smallest absolute Gasteiger partial charge is 0.305 e. The molecule has 0 fully saturated rings. The van der Waals surface area contributed by atoms with Crippen molar-refractivity contribution in [3.63, 3.8) is 0 Å². The quantitative estimate of drug-likeness (QED) is 0.0631. The lowest BCUT2D eigenvalue weighted by Gasteiger charge is -2.26. The van der Waals surface area contributed by atoms with E-state index in [1.807, 2.05) is 21.1 Å². The largest absolute Gasteiger partial charge is 0.545 e. The molecule has 37 heavy (non-hydrogen) atoms. The zero-order valence-electron chi connectivity index (χ0n) is 23.8. The van der Waals surface area contributed by atoms with E-state index >= 15 is 0 Å². The van der Waals surface area contributed by atoms with Crippen molar-refractivity contribution in [3.8, 4) is 0 Å². The number of aliphatic hydroxyl groups excluding tert-OH is 1. The van der Waals surface area contributed by atoms with Crippen molar-refractivity contribution in [2.75, 3.05) is 47.5 Å². The number of quaternary nitrogens is 1. The molecule has 0 saturated carbocycles. The van der Waals surface area contributed by atoms with Crippen molar-refractivity contribution in [1.82, 2.24) is 0 Å². The predicted molar refractivity (Wildman–Crippen MR) is 145 cm³/mol. The third-order valence-electron chi connectivity index (χ3n) is 5.68. The summed E-state index contributed by atoms with van der Waals surface area (Å²) in [6, 6.07) is 0. The monoisotopic (exact) mass is 527 g/mol. The Morgan fingerprint density at radius 2 is 1.43 bits per heavy atom. The summed E-state index contributed by atoms with van der Waals surface area (Å²) in [5.74, 6) is -1.89. The van der Waals surface area contributed by atoms with E-state index in [1.165, 1.54) is 32.1 Å². The number of carbonyl (C=O) groups excluding carboxylic acids is 2.